The van der Waals surface area contributed by atoms with Crippen molar-refractivity contribution in [1.29, 1.82) is 0 Å². The molecule has 0 atom stereocenters. The first-order chi connectivity index (χ1) is 12.4. The first-order valence-electron chi connectivity index (χ1n) is 7.88. The van der Waals surface area contributed by atoms with E-state index in [9.17, 15) is 23.3 Å². The van der Waals surface area contributed by atoms with Crippen LogP contribution < -0.4 is 4.74 Å². The zero-order valence-electron chi connectivity index (χ0n) is 13.6. The van der Waals surface area contributed by atoms with Crippen LogP contribution in [0.2, 0.25) is 0 Å². The number of benzene rings is 1. The zero-order chi connectivity index (χ0) is 18.7. The van der Waals surface area contributed by atoms with Crippen molar-refractivity contribution in [1.82, 2.24) is 4.31 Å². The molecule has 1 fully saturated rings. The Morgan fingerprint density at radius 1 is 1.19 bits per heavy atom. The molecule has 0 bridgehead atoms. The Balaban J connectivity index is 1.57. The summed E-state index contributed by atoms with van der Waals surface area (Å²) < 4.78 is 31.9. The van der Waals surface area contributed by atoms with Crippen molar-refractivity contribution >= 4 is 33.0 Å². The number of hydrogen-bond acceptors (Lipinski definition) is 7. The Bertz CT molecular complexity index is 885. The normalized spacial score (nSPS) is 16.3. The Morgan fingerprint density at radius 2 is 1.85 bits per heavy atom. The van der Waals surface area contributed by atoms with Gasteiger partial charge in [-0.2, -0.15) is 4.31 Å². The number of nitrogens with zero attached hydrogens (tertiary/aromatic N) is 2. The second kappa shape index (κ2) is 7.52. The van der Waals surface area contributed by atoms with Crippen LogP contribution in [0, 0.1) is 16.0 Å². The van der Waals surface area contributed by atoms with E-state index >= 15 is 0 Å². The molecular weight excluding hydrogens is 380 g/mol. The van der Waals surface area contributed by atoms with Crippen LogP contribution in [-0.2, 0) is 14.8 Å². The smallest absolute Gasteiger partial charge is 0.314 e. The van der Waals surface area contributed by atoms with Gasteiger partial charge in [0.1, 0.15) is 9.96 Å². The molecule has 3 rings (SSSR count). The average Bonchev–Trinajstić information content (AvgIpc) is 3.18. The highest BCUT2D eigenvalue weighted by atomic mass is 32.2. The van der Waals surface area contributed by atoms with Crippen molar-refractivity contribution in [2.24, 2.45) is 5.92 Å². The Kier molecular flexibility index (Phi) is 5.35. The van der Waals surface area contributed by atoms with Crippen molar-refractivity contribution in [2.75, 3.05) is 13.1 Å². The molecule has 1 saturated heterocycles. The summed E-state index contributed by atoms with van der Waals surface area (Å²) in [5, 5.41) is 12.3. The molecule has 1 aromatic carbocycles. The fourth-order valence-corrected chi connectivity index (χ4v) is 5.32. The van der Waals surface area contributed by atoms with Crippen LogP contribution in [0.15, 0.2) is 46.0 Å². The molecule has 0 unspecified atom stereocenters. The van der Waals surface area contributed by atoms with Gasteiger partial charge in [-0.05, 0) is 36.4 Å². The van der Waals surface area contributed by atoms with Crippen molar-refractivity contribution < 1.29 is 22.9 Å². The monoisotopic (exact) mass is 396 g/mol. The number of non-ortho nitro benzene ring substituents is 1. The van der Waals surface area contributed by atoms with Gasteiger partial charge in [0.25, 0.3) is 15.7 Å². The summed E-state index contributed by atoms with van der Waals surface area (Å²) in [5.41, 5.74) is -0.0862. The Morgan fingerprint density at radius 3 is 2.38 bits per heavy atom. The number of sulfonamides is 1. The van der Waals surface area contributed by atoms with E-state index in [1.807, 2.05) is 0 Å². The van der Waals surface area contributed by atoms with Gasteiger partial charge in [0.15, 0.2) is 0 Å². The number of ether oxygens (including phenoxy) is 1. The molecule has 0 amide bonds. The highest BCUT2D eigenvalue weighted by Crippen LogP contribution is 2.27. The van der Waals surface area contributed by atoms with Crippen LogP contribution in [0.1, 0.15) is 12.8 Å². The fourth-order valence-electron chi connectivity index (χ4n) is 2.70. The van der Waals surface area contributed by atoms with E-state index in [-0.39, 0.29) is 24.5 Å². The number of thiophene rings is 1. The second-order valence-corrected chi connectivity index (χ2v) is 8.90. The van der Waals surface area contributed by atoms with Crippen LogP contribution in [0.3, 0.4) is 0 Å². The average molecular weight is 396 g/mol. The molecule has 1 aliphatic heterocycles. The first kappa shape index (κ1) is 18.5. The number of carbonyl (C=O) groups is 1. The molecule has 1 aliphatic rings. The Labute approximate surface area is 154 Å². The third-order valence-electron chi connectivity index (χ3n) is 4.14. The van der Waals surface area contributed by atoms with Crippen LogP contribution in [-0.4, -0.2) is 36.7 Å². The topological polar surface area (TPSA) is 107 Å². The van der Waals surface area contributed by atoms with E-state index in [1.165, 1.54) is 39.9 Å². The third-order valence-corrected chi connectivity index (χ3v) is 7.41. The summed E-state index contributed by atoms with van der Waals surface area (Å²) in [4.78, 5) is 22.3. The summed E-state index contributed by atoms with van der Waals surface area (Å²) >= 11 is 1.17. The lowest BCUT2D eigenvalue weighted by molar-refractivity contribution is -0.384. The van der Waals surface area contributed by atoms with E-state index in [4.69, 9.17) is 4.74 Å². The van der Waals surface area contributed by atoms with E-state index in [2.05, 4.69) is 0 Å². The minimum Gasteiger partial charge on any atom is -0.426 e. The molecule has 0 saturated carbocycles. The molecule has 26 heavy (non-hydrogen) atoms. The molecule has 138 valence electrons. The second-order valence-electron chi connectivity index (χ2n) is 5.78. The van der Waals surface area contributed by atoms with Crippen LogP contribution >= 0.6 is 11.3 Å². The molecule has 2 aromatic rings. The van der Waals surface area contributed by atoms with Gasteiger partial charge in [-0.15, -0.1) is 11.3 Å². The predicted octanol–water partition coefficient (Wildman–Crippen LogP) is 2.66. The van der Waals surface area contributed by atoms with Gasteiger partial charge in [-0.25, -0.2) is 8.42 Å². The van der Waals surface area contributed by atoms with Gasteiger partial charge in [-0.1, -0.05) is 6.07 Å². The van der Waals surface area contributed by atoms with Crippen LogP contribution in [0.5, 0.6) is 5.75 Å². The zero-order valence-corrected chi connectivity index (χ0v) is 15.2. The maximum atomic E-state index is 12.5. The minimum atomic E-state index is -3.50. The van der Waals surface area contributed by atoms with Gasteiger partial charge in [0, 0.05) is 25.2 Å². The molecule has 1 aromatic heterocycles. The van der Waals surface area contributed by atoms with Crippen molar-refractivity contribution in [3.05, 3.63) is 51.9 Å². The fraction of sp³-hybridized carbons (Fsp3) is 0.312. The summed E-state index contributed by atoms with van der Waals surface area (Å²) in [6, 6.07) is 8.51. The SMILES string of the molecule is O=C(Oc1ccc([N+](=O)[O-])cc1)C1CCN(S(=O)(=O)c2cccs2)CC1. The van der Waals surface area contributed by atoms with Gasteiger partial charge >= 0.3 is 5.97 Å². The van der Waals surface area contributed by atoms with Crippen molar-refractivity contribution in [3.8, 4) is 5.75 Å². The van der Waals surface area contributed by atoms with E-state index in [1.54, 1.807) is 17.5 Å². The van der Waals surface area contributed by atoms with Crippen molar-refractivity contribution in [2.45, 2.75) is 17.1 Å². The quantitative estimate of drug-likeness (QED) is 0.333. The third kappa shape index (κ3) is 3.92. The lowest BCUT2D eigenvalue weighted by Gasteiger charge is -2.29. The molecule has 2 heterocycles. The lowest BCUT2D eigenvalue weighted by atomic mass is 9.98. The van der Waals surface area contributed by atoms with E-state index < -0.39 is 26.8 Å². The highest BCUT2D eigenvalue weighted by Gasteiger charge is 2.33. The predicted molar refractivity (Wildman–Crippen MR) is 94.5 cm³/mol. The molecule has 0 N–H and O–H groups in total. The minimum absolute atomic E-state index is 0.0862. The summed E-state index contributed by atoms with van der Waals surface area (Å²) in [7, 11) is -3.50. The molecule has 10 heteroatoms. The van der Waals surface area contributed by atoms with Gasteiger partial charge < -0.3 is 4.74 Å². The standard InChI is InChI=1S/C16H16N2O6S2/c19-16(24-14-5-3-13(4-6-14)18(20)21)12-7-9-17(10-8-12)26(22,23)15-2-1-11-25-15/h1-6,11-12H,7-10H2. The number of nitro groups is 1. The molecule has 0 spiro atoms. The number of esters is 1. The summed E-state index contributed by atoms with van der Waals surface area (Å²) in [5.74, 6) is -0.624. The molecular formula is C16H16N2O6S2. The lowest BCUT2D eigenvalue weighted by Crippen LogP contribution is -2.40. The highest BCUT2D eigenvalue weighted by molar-refractivity contribution is 7.91. The first-order valence-corrected chi connectivity index (χ1v) is 10.2. The maximum absolute atomic E-state index is 12.5. The molecule has 8 nitrogen and oxygen atoms in total. The van der Waals surface area contributed by atoms with Crippen LogP contribution in [0.25, 0.3) is 0 Å². The number of carbonyl (C=O) groups excluding carboxylic acids is 1. The molecule has 0 aliphatic carbocycles. The van der Waals surface area contributed by atoms with E-state index in [0.717, 1.165) is 0 Å². The van der Waals surface area contributed by atoms with Crippen molar-refractivity contribution in [3.63, 3.8) is 0 Å². The summed E-state index contributed by atoms with van der Waals surface area (Å²) in [6.45, 7) is 0.501. The van der Waals surface area contributed by atoms with E-state index in [0.29, 0.717) is 17.1 Å². The molecule has 0 radical (unpaired) electrons. The largest absolute Gasteiger partial charge is 0.426 e. The number of rotatable bonds is 5. The maximum Gasteiger partial charge on any atom is 0.314 e. The van der Waals surface area contributed by atoms with Gasteiger partial charge in [0.2, 0.25) is 0 Å². The van der Waals surface area contributed by atoms with Gasteiger partial charge in [-0.3, -0.25) is 14.9 Å². The number of nitro benzene ring substituents is 1. The van der Waals surface area contributed by atoms with Gasteiger partial charge in [0.05, 0.1) is 10.8 Å². The number of piperidine rings is 1. The van der Waals surface area contributed by atoms with Crippen LogP contribution in [0.4, 0.5) is 5.69 Å². The Hall–Kier alpha value is -2.30. The number of hydrogen-bond donors (Lipinski definition) is 0. The summed E-state index contributed by atoms with van der Waals surface area (Å²) in [6.07, 6.45) is 0.743.